The fraction of sp³-hybridized carbons (Fsp3) is 0.360. The monoisotopic (exact) mass is 406 g/mol. The molecule has 1 aromatic carbocycles. The topological polar surface area (TPSA) is 49.3 Å². The van der Waals surface area contributed by atoms with Crippen LogP contribution in [0.2, 0.25) is 0 Å². The van der Waals surface area contributed by atoms with Gasteiger partial charge < -0.3 is 10.6 Å². The minimum Gasteiger partial charge on any atom is -0.383 e. The molecule has 158 valence electrons. The Hall–Kier alpha value is -2.95. The van der Waals surface area contributed by atoms with E-state index in [4.69, 9.17) is 0 Å². The van der Waals surface area contributed by atoms with Crippen molar-refractivity contribution in [2.45, 2.75) is 33.1 Å². The van der Waals surface area contributed by atoms with Gasteiger partial charge in [-0.25, -0.2) is 9.37 Å². The number of halogens is 1. The highest BCUT2D eigenvalue weighted by atomic mass is 19.1. The number of aliphatic imine (C=N–C) groups is 1. The summed E-state index contributed by atoms with van der Waals surface area (Å²) in [4.78, 5) is 8.71. The number of pyridine rings is 1. The zero-order valence-electron chi connectivity index (χ0n) is 18.3. The molecule has 0 aliphatic heterocycles. The second-order valence-electron chi connectivity index (χ2n) is 8.23. The molecule has 2 N–H and O–H groups in total. The quantitative estimate of drug-likeness (QED) is 0.405. The minimum atomic E-state index is -0.224. The van der Waals surface area contributed by atoms with Gasteiger partial charge >= 0.3 is 0 Å². The molecule has 1 aromatic heterocycles. The summed E-state index contributed by atoms with van der Waals surface area (Å²) in [5, 5.41) is 6.33. The fourth-order valence-electron chi connectivity index (χ4n) is 3.48. The van der Waals surface area contributed by atoms with Gasteiger partial charge in [0.2, 0.25) is 0 Å². The van der Waals surface area contributed by atoms with Crippen LogP contribution < -0.4 is 10.6 Å². The number of nitrogens with zero attached hydrogens (tertiary/aromatic N) is 2. The molecule has 1 saturated carbocycles. The van der Waals surface area contributed by atoms with E-state index < -0.39 is 0 Å². The van der Waals surface area contributed by atoms with Gasteiger partial charge in [0, 0.05) is 32.4 Å². The molecule has 1 aliphatic carbocycles. The van der Waals surface area contributed by atoms with Crippen LogP contribution in [0.4, 0.5) is 15.9 Å². The largest absolute Gasteiger partial charge is 0.383 e. The molecule has 0 atom stereocenters. The number of benzene rings is 1. The number of aromatic nitrogens is 1. The molecule has 0 bridgehead atoms. The van der Waals surface area contributed by atoms with E-state index in [2.05, 4.69) is 34.1 Å². The van der Waals surface area contributed by atoms with Gasteiger partial charge in [-0.3, -0.25) is 4.99 Å². The second kappa shape index (κ2) is 9.24. The summed E-state index contributed by atoms with van der Waals surface area (Å²) >= 11 is 0. The van der Waals surface area contributed by atoms with Gasteiger partial charge in [-0.1, -0.05) is 19.6 Å². The molecule has 1 fully saturated rings. The Labute approximate surface area is 179 Å². The lowest BCUT2D eigenvalue weighted by molar-refractivity contribution is 0.534. The number of aryl methyl sites for hydroxylation is 1. The number of hydrogen-bond donors (Lipinski definition) is 2. The zero-order valence-corrected chi connectivity index (χ0v) is 18.3. The molecule has 1 aliphatic rings. The third-order valence-corrected chi connectivity index (χ3v) is 5.84. The predicted molar refractivity (Wildman–Crippen MR) is 126 cm³/mol. The summed E-state index contributed by atoms with van der Waals surface area (Å²) in [7, 11) is 3.59. The van der Waals surface area contributed by atoms with Crippen LogP contribution in [0.3, 0.4) is 0 Å². The number of nitrogens with one attached hydrogen (secondary N) is 2. The van der Waals surface area contributed by atoms with Crippen LogP contribution in [0.5, 0.6) is 0 Å². The van der Waals surface area contributed by atoms with Crippen molar-refractivity contribution >= 4 is 22.8 Å². The lowest BCUT2D eigenvalue weighted by Gasteiger charge is -2.15. The molecule has 0 radical (unpaired) electrons. The molecule has 5 heteroatoms. The van der Waals surface area contributed by atoms with Gasteiger partial charge in [0.25, 0.3) is 0 Å². The highest BCUT2D eigenvalue weighted by Gasteiger charge is 2.36. The lowest BCUT2D eigenvalue weighted by Crippen LogP contribution is -2.09. The van der Waals surface area contributed by atoms with Gasteiger partial charge in [0.05, 0.1) is 11.4 Å². The number of rotatable bonds is 9. The first-order valence-electron chi connectivity index (χ1n) is 10.4. The van der Waals surface area contributed by atoms with Crippen molar-refractivity contribution in [1.82, 2.24) is 4.98 Å². The first kappa shape index (κ1) is 21.8. The van der Waals surface area contributed by atoms with E-state index in [1.807, 2.05) is 38.2 Å². The maximum absolute atomic E-state index is 14.6. The van der Waals surface area contributed by atoms with Crippen molar-refractivity contribution < 1.29 is 4.39 Å². The summed E-state index contributed by atoms with van der Waals surface area (Å²) in [6, 6.07) is 7.33. The van der Waals surface area contributed by atoms with Crippen LogP contribution >= 0.6 is 0 Å². The summed E-state index contributed by atoms with van der Waals surface area (Å²) in [6.45, 7) is 8.96. The lowest BCUT2D eigenvalue weighted by atomic mass is 9.96. The summed E-state index contributed by atoms with van der Waals surface area (Å²) < 4.78 is 14.6. The third kappa shape index (κ3) is 5.15. The molecule has 3 rings (SSSR count). The van der Waals surface area contributed by atoms with Crippen LogP contribution in [-0.2, 0) is 0 Å². The fourth-order valence-corrected chi connectivity index (χ4v) is 3.48. The maximum Gasteiger partial charge on any atom is 0.146 e. The van der Waals surface area contributed by atoms with Crippen LogP contribution in [-0.4, -0.2) is 31.3 Å². The van der Waals surface area contributed by atoms with Crippen molar-refractivity contribution in [2.24, 2.45) is 10.4 Å². The van der Waals surface area contributed by atoms with E-state index in [-0.39, 0.29) is 5.82 Å². The molecule has 30 heavy (non-hydrogen) atoms. The minimum absolute atomic E-state index is 0.224. The standard InChI is InChI=1S/C25H31FN4/c1-6-18(14-22(27-4)19-7-11-30-24(15-19)28-5)20-16-23(21(26)13-17(20)2)29-12-10-25(3)8-9-25/h6-7,11,13-16,29H,1,8-10,12H2,2-5H3,(H,28,30)/b18-14+,27-22?. The molecule has 0 spiro atoms. The highest BCUT2D eigenvalue weighted by Crippen LogP contribution is 2.47. The number of hydrogen-bond acceptors (Lipinski definition) is 4. The smallest absolute Gasteiger partial charge is 0.146 e. The molecular weight excluding hydrogens is 375 g/mol. The van der Waals surface area contributed by atoms with Gasteiger partial charge in [-0.15, -0.1) is 0 Å². The van der Waals surface area contributed by atoms with Gasteiger partial charge in [-0.05, 0) is 78.6 Å². The van der Waals surface area contributed by atoms with Crippen molar-refractivity contribution in [1.29, 1.82) is 0 Å². The van der Waals surface area contributed by atoms with E-state index in [0.717, 1.165) is 46.8 Å². The second-order valence-corrected chi connectivity index (χ2v) is 8.23. The third-order valence-electron chi connectivity index (χ3n) is 5.84. The van der Waals surface area contributed by atoms with E-state index in [1.54, 1.807) is 25.4 Å². The molecular formula is C25H31FN4. The predicted octanol–water partition coefficient (Wildman–Crippen LogP) is 5.86. The van der Waals surface area contributed by atoms with Crippen molar-refractivity contribution in [3.05, 3.63) is 71.7 Å². The number of anilines is 2. The zero-order chi connectivity index (χ0) is 21.7. The molecule has 0 amide bonds. The molecule has 0 unspecified atom stereocenters. The Morgan fingerprint density at radius 2 is 2.10 bits per heavy atom. The first-order chi connectivity index (χ1) is 14.4. The summed E-state index contributed by atoms with van der Waals surface area (Å²) in [5.41, 5.74) is 5.43. The Morgan fingerprint density at radius 1 is 1.33 bits per heavy atom. The van der Waals surface area contributed by atoms with Crippen LogP contribution in [0, 0.1) is 18.2 Å². The van der Waals surface area contributed by atoms with E-state index in [1.165, 1.54) is 12.8 Å². The average Bonchev–Trinajstić information content (AvgIpc) is 3.48. The summed E-state index contributed by atoms with van der Waals surface area (Å²) in [6.07, 6.45) is 9.12. The van der Waals surface area contributed by atoms with Gasteiger partial charge in [0.15, 0.2) is 0 Å². The van der Waals surface area contributed by atoms with E-state index >= 15 is 0 Å². The molecule has 4 nitrogen and oxygen atoms in total. The normalized spacial score (nSPS) is 15.6. The highest BCUT2D eigenvalue weighted by molar-refractivity contribution is 6.13. The first-order valence-corrected chi connectivity index (χ1v) is 10.4. The van der Waals surface area contributed by atoms with Crippen LogP contribution in [0.25, 0.3) is 5.57 Å². The van der Waals surface area contributed by atoms with E-state index in [0.29, 0.717) is 11.1 Å². The Morgan fingerprint density at radius 3 is 2.73 bits per heavy atom. The average molecular weight is 407 g/mol. The Balaban J connectivity index is 1.90. The molecule has 1 heterocycles. The van der Waals surface area contributed by atoms with Crippen LogP contribution in [0.1, 0.15) is 42.9 Å². The number of allylic oxidation sites excluding steroid dienone is 3. The Bertz CT molecular complexity index is 987. The van der Waals surface area contributed by atoms with Crippen molar-refractivity contribution in [3.63, 3.8) is 0 Å². The molecule has 0 saturated heterocycles. The van der Waals surface area contributed by atoms with Gasteiger partial charge in [0.1, 0.15) is 11.6 Å². The molecule has 2 aromatic rings. The van der Waals surface area contributed by atoms with Gasteiger partial charge in [-0.2, -0.15) is 0 Å². The maximum atomic E-state index is 14.6. The van der Waals surface area contributed by atoms with Crippen molar-refractivity contribution in [3.8, 4) is 0 Å². The van der Waals surface area contributed by atoms with E-state index in [9.17, 15) is 4.39 Å². The SMILES string of the molecule is C=C/C(=C\C(=NC)c1ccnc(NC)c1)c1cc(NCCC2(C)CC2)c(F)cc1C. The van der Waals surface area contributed by atoms with Crippen molar-refractivity contribution in [2.75, 3.05) is 31.3 Å². The Kier molecular flexibility index (Phi) is 6.70. The van der Waals surface area contributed by atoms with Crippen LogP contribution in [0.15, 0.2) is 54.2 Å². The summed E-state index contributed by atoms with van der Waals surface area (Å²) in [5.74, 6) is 0.550.